The second-order valence-electron chi connectivity index (χ2n) is 10.5. The van der Waals surface area contributed by atoms with Gasteiger partial charge >= 0.3 is 5.97 Å². The monoisotopic (exact) mass is 723 g/mol. The molecule has 3 heterocycles. The van der Waals surface area contributed by atoms with Crippen molar-refractivity contribution < 1.29 is 14.3 Å². The van der Waals surface area contributed by atoms with Crippen LogP contribution in [0.25, 0.3) is 17.0 Å². The predicted octanol–water partition coefficient (Wildman–Crippen LogP) is 7.19. The van der Waals surface area contributed by atoms with Crippen molar-refractivity contribution in [3.8, 4) is 5.75 Å². The number of rotatable bonds is 7. The Morgan fingerprint density at radius 1 is 1.11 bits per heavy atom. The summed E-state index contributed by atoms with van der Waals surface area (Å²) in [6, 6.07) is 18.4. The Morgan fingerprint density at radius 3 is 2.60 bits per heavy atom. The van der Waals surface area contributed by atoms with Gasteiger partial charge in [-0.25, -0.2) is 9.79 Å². The molecule has 1 aliphatic heterocycles. The minimum Gasteiger partial charge on any atom is -0.496 e. The second-order valence-corrected chi connectivity index (χ2v) is 13.2. The van der Waals surface area contributed by atoms with Gasteiger partial charge < -0.3 is 14.0 Å². The molecular weight excluding hydrogens is 697 g/mol. The van der Waals surface area contributed by atoms with E-state index in [2.05, 4.69) is 26.6 Å². The Kier molecular flexibility index (Phi) is 8.81. The molecule has 11 heteroatoms. The molecule has 45 heavy (non-hydrogen) atoms. The van der Waals surface area contributed by atoms with Gasteiger partial charge in [0.15, 0.2) is 4.80 Å². The van der Waals surface area contributed by atoms with Crippen LogP contribution < -0.4 is 19.6 Å². The van der Waals surface area contributed by atoms with Crippen LogP contribution in [0, 0.1) is 6.92 Å². The van der Waals surface area contributed by atoms with Gasteiger partial charge in [-0.15, -0.1) is 0 Å². The van der Waals surface area contributed by atoms with Crippen molar-refractivity contribution in [1.29, 1.82) is 0 Å². The summed E-state index contributed by atoms with van der Waals surface area (Å²) < 4.78 is 15.8. The molecule has 0 unspecified atom stereocenters. The number of aromatic nitrogens is 2. The Labute approximate surface area is 281 Å². The number of allylic oxidation sites excluding steroid dienone is 1. The van der Waals surface area contributed by atoms with Crippen molar-refractivity contribution in [2.45, 2.75) is 33.4 Å². The van der Waals surface area contributed by atoms with Crippen LogP contribution in [0.2, 0.25) is 10.0 Å². The van der Waals surface area contributed by atoms with Crippen molar-refractivity contribution in [2.24, 2.45) is 4.99 Å². The molecule has 6 rings (SSSR count). The summed E-state index contributed by atoms with van der Waals surface area (Å²) in [5.41, 5.74) is 5.15. The molecule has 0 amide bonds. The fourth-order valence-corrected chi connectivity index (χ4v) is 7.81. The first-order chi connectivity index (χ1) is 21.6. The zero-order valence-corrected chi connectivity index (χ0v) is 28.8. The van der Waals surface area contributed by atoms with Crippen molar-refractivity contribution in [1.82, 2.24) is 9.13 Å². The molecule has 5 aromatic rings. The standard InChI is InChI=1S/C34H28BrCl2N3O4S/c1-5-44-33(42)30-18(2)38-34-40(31(30)20-11-13-28(43-4)25(35)14-20)32(41)29(45-34)16-24-19(3)39(27-9-7-6-8-23(24)27)17-21-10-12-22(36)15-26(21)37/h6-16,31H,5,17H2,1-4H3/b29-16+/t31-/m0/s1. The number of ether oxygens (including phenoxy) is 2. The SMILES string of the molecule is CCOC(=O)C1=C(C)N=c2s/c(=C/c3c(C)n(Cc4ccc(Cl)cc4Cl)c4ccccc34)c(=O)n2[C@H]1c1ccc(OC)c(Br)c1. The number of methoxy groups -OCH3 is 1. The third kappa shape index (κ3) is 5.67. The maximum atomic E-state index is 14.3. The van der Waals surface area contributed by atoms with Crippen molar-refractivity contribution in [2.75, 3.05) is 13.7 Å². The van der Waals surface area contributed by atoms with Gasteiger partial charge in [0, 0.05) is 38.8 Å². The predicted molar refractivity (Wildman–Crippen MR) is 183 cm³/mol. The van der Waals surface area contributed by atoms with Crippen molar-refractivity contribution in [3.63, 3.8) is 0 Å². The van der Waals surface area contributed by atoms with Gasteiger partial charge in [-0.1, -0.05) is 64.9 Å². The number of hydrogen-bond acceptors (Lipinski definition) is 6. The van der Waals surface area contributed by atoms with Gasteiger partial charge in [0.05, 0.1) is 40.0 Å². The molecule has 0 spiro atoms. The van der Waals surface area contributed by atoms with Gasteiger partial charge in [0.2, 0.25) is 0 Å². The third-order valence-electron chi connectivity index (χ3n) is 7.91. The van der Waals surface area contributed by atoms with E-state index in [-0.39, 0.29) is 12.2 Å². The maximum Gasteiger partial charge on any atom is 0.338 e. The molecule has 2 aromatic heterocycles. The van der Waals surface area contributed by atoms with Gasteiger partial charge in [0.1, 0.15) is 5.75 Å². The number of carbonyl (C=O) groups excluding carboxylic acids is 1. The average molecular weight is 725 g/mol. The Hall–Kier alpha value is -3.63. The number of thiazole rings is 1. The summed E-state index contributed by atoms with van der Waals surface area (Å²) in [5, 5.41) is 2.17. The van der Waals surface area contributed by atoms with E-state index in [0.717, 1.165) is 33.3 Å². The van der Waals surface area contributed by atoms with Crippen LogP contribution in [0.4, 0.5) is 0 Å². The smallest absolute Gasteiger partial charge is 0.338 e. The molecule has 0 aliphatic carbocycles. The van der Waals surface area contributed by atoms with Crippen LogP contribution in [0.1, 0.15) is 42.3 Å². The van der Waals surface area contributed by atoms with E-state index in [1.165, 1.54) is 11.3 Å². The zero-order valence-electron chi connectivity index (χ0n) is 24.9. The molecule has 0 radical (unpaired) electrons. The van der Waals surface area contributed by atoms with E-state index < -0.39 is 12.0 Å². The summed E-state index contributed by atoms with van der Waals surface area (Å²) in [4.78, 5) is 32.8. The lowest BCUT2D eigenvalue weighted by molar-refractivity contribution is -0.139. The van der Waals surface area contributed by atoms with E-state index in [9.17, 15) is 9.59 Å². The minimum atomic E-state index is -0.737. The summed E-state index contributed by atoms with van der Waals surface area (Å²) >= 11 is 17.6. The van der Waals surface area contributed by atoms with Crippen LogP contribution in [0.15, 0.2) is 86.2 Å². The Balaban J connectivity index is 1.55. The number of fused-ring (bicyclic) bond motifs is 2. The highest BCUT2D eigenvalue weighted by molar-refractivity contribution is 9.10. The number of hydrogen-bond donors (Lipinski definition) is 0. The number of halogens is 3. The van der Waals surface area contributed by atoms with Gasteiger partial charge in [-0.2, -0.15) is 0 Å². The maximum absolute atomic E-state index is 14.3. The number of esters is 1. The third-order valence-corrected chi connectivity index (χ3v) is 10.1. The highest BCUT2D eigenvalue weighted by Crippen LogP contribution is 2.35. The first-order valence-electron chi connectivity index (χ1n) is 14.2. The average Bonchev–Trinajstić information content (AvgIpc) is 3.46. The lowest BCUT2D eigenvalue weighted by Gasteiger charge is -2.25. The normalized spacial score (nSPS) is 14.9. The first-order valence-corrected chi connectivity index (χ1v) is 16.5. The zero-order chi connectivity index (χ0) is 32.0. The van der Waals surface area contributed by atoms with Crippen LogP contribution >= 0.6 is 50.5 Å². The fraction of sp³-hybridized carbons (Fsp3) is 0.206. The lowest BCUT2D eigenvalue weighted by Crippen LogP contribution is -2.40. The Morgan fingerprint density at radius 2 is 1.89 bits per heavy atom. The van der Waals surface area contributed by atoms with Crippen LogP contribution in [0.5, 0.6) is 5.75 Å². The molecule has 0 saturated heterocycles. The van der Waals surface area contributed by atoms with Gasteiger partial charge in [0.25, 0.3) is 5.56 Å². The van der Waals surface area contributed by atoms with Crippen molar-refractivity contribution in [3.05, 3.63) is 129 Å². The molecular formula is C34H28BrCl2N3O4S. The van der Waals surface area contributed by atoms with E-state index in [0.29, 0.717) is 47.4 Å². The summed E-state index contributed by atoms with van der Waals surface area (Å²) in [6.07, 6.45) is 1.92. The molecule has 0 N–H and O–H groups in total. The molecule has 1 aliphatic rings. The largest absolute Gasteiger partial charge is 0.496 e. The highest BCUT2D eigenvalue weighted by atomic mass is 79.9. The molecule has 3 aromatic carbocycles. The summed E-state index contributed by atoms with van der Waals surface area (Å²) in [5.74, 6) is 0.126. The fourth-order valence-electron chi connectivity index (χ4n) is 5.75. The topological polar surface area (TPSA) is 74.8 Å². The molecule has 7 nitrogen and oxygen atoms in total. The van der Waals surface area contributed by atoms with Crippen LogP contribution in [-0.2, 0) is 16.1 Å². The van der Waals surface area contributed by atoms with Crippen LogP contribution in [0.3, 0.4) is 0 Å². The van der Waals surface area contributed by atoms with E-state index >= 15 is 0 Å². The van der Waals surface area contributed by atoms with E-state index in [1.54, 1.807) is 37.7 Å². The number of nitrogens with zero attached hydrogens (tertiary/aromatic N) is 3. The number of benzene rings is 3. The minimum absolute atomic E-state index is 0.198. The molecule has 0 bridgehead atoms. The molecule has 230 valence electrons. The van der Waals surface area contributed by atoms with Gasteiger partial charge in [-0.05, 0) is 84.2 Å². The first kappa shape index (κ1) is 31.4. The lowest BCUT2D eigenvalue weighted by atomic mass is 9.96. The second kappa shape index (κ2) is 12.6. The van der Waals surface area contributed by atoms with Crippen molar-refractivity contribution >= 4 is 73.4 Å². The van der Waals surface area contributed by atoms with Gasteiger partial charge in [-0.3, -0.25) is 9.36 Å². The van der Waals surface area contributed by atoms with E-state index in [1.807, 2.05) is 55.5 Å². The Bertz CT molecular complexity index is 2220. The summed E-state index contributed by atoms with van der Waals surface area (Å²) in [7, 11) is 1.58. The molecule has 0 saturated carbocycles. The summed E-state index contributed by atoms with van der Waals surface area (Å²) in [6.45, 7) is 6.29. The van der Waals surface area contributed by atoms with E-state index in [4.69, 9.17) is 37.7 Å². The molecule has 0 fully saturated rings. The highest BCUT2D eigenvalue weighted by Gasteiger charge is 2.33. The molecule has 1 atom stereocenters. The quantitative estimate of drug-likeness (QED) is 0.167. The number of para-hydroxylation sites is 1. The number of carbonyl (C=O) groups is 1. The van der Waals surface area contributed by atoms with Crippen LogP contribution in [-0.4, -0.2) is 28.8 Å².